The molecule has 0 saturated carbocycles. The quantitative estimate of drug-likeness (QED) is 0.378. The van der Waals surface area contributed by atoms with Crippen molar-refractivity contribution in [2.45, 2.75) is 70.4 Å². The number of nitrogens with zero attached hydrogens (tertiary/aromatic N) is 1. The molecule has 0 aromatic heterocycles. The topological polar surface area (TPSA) is 160 Å². The van der Waals surface area contributed by atoms with E-state index in [1.165, 1.54) is 0 Å². The maximum atomic E-state index is 13.5. The minimum absolute atomic E-state index is 0.0673. The SMILES string of the molecule is Cc1c(C)c(S(=O)(=O)N(CCC[C@H](N)C(=O)O)C(=N)N)c(C)c2c1OC(C)(C)C2. The maximum Gasteiger partial charge on any atom is 0.320 e. The molecule has 0 radical (unpaired) electrons. The van der Waals surface area contributed by atoms with E-state index >= 15 is 0 Å². The molecule has 1 aliphatic heterocycles. The van der Waals surface area contributed by atoms with Gasteiger partial charge in [-0.3, -0.25) is 10.2 Å². The summed E-state index contributed by atoms with van der Waals surface area (Å²) >= 11 is 0. The number of ether oxygens (including phenoxy) is 1. The molecule has 1 heterocycles. The Morgan fingerprint density at radius 3 is 2.38 bits per heavy atom. The molecule has 0 bridgehead atoms. The second-order valence-electron chi connectivity index (χ2n) is 8.10. The number of hydrogen-bond acceptors (Lipinski definition) is 6. The van der Waals surface area contributed by atoms with Crippen molar-refractivity contribution in [1.82, 2.24) is 4.31 Å². The van der Waals surface area contributed by atoms with E-state index in [1.54, 1.807) is 13.8 Å². The molecule has 0 spiro atoms. The van der Waals surface area contributed by atoms with Gasteiger partial charge < -0.3 is 21.3 Å². The van der Waals surface area contributed by atoms with Crippen LogP contribution in [-0.2, 0) is 21.2 Å². The summed E-state index contributed by atoms with van der Waals surface area (Å²) in [5, 5.41) is 16.7. The monoisotopic (exact) mass is 426 g/mol. The van der Waals surface area contributed by atoms with Crippen LogP contribution in [0.3, 0.4) is 0 Å². The first kappa shape index (κ1) is 23.0. The Balaban J connectivity index is 2.47. The van der Waals surface area contributed by atoms with Gasteiger partial charge >= 0.3 is 5.97 Å². The van der Waals surface area contributed by atoms with Crippen LogP contribution in [0.25, 0.3) is 0 Å². The van der Waals surface area contributed by atoms with Gasteiger partial charge in [0.25, 0.3) is 10.0 Å². The second kappa shape index (κ2) is 7.83. The highest BCUT2D eigenvalue weighted by Gasteiger charge is 2.38. The summed E-state index contributed by atoms with van der Waals surface area (Å²) in [5.41, 5.74) is 13.4. The van der Waals surface area contributed by atoms with E-state index in [2.05, 4.69) is 0 Å². The predicted molar refractivity (Wildman–Crippen MR) is 110 cm³/mol. The lowest BCUT2D eigenvalue weighted by atomic mass is 9.94. The molecular weight excluding hydrogens is 396 g/mol. The van der Waals surface area contributed by atoms with Gasteiger partial charge in [-0.15, -0.1) is 0 Å². The van der Waals surface area contributed by atoms with E-state index in [0.717, 1.165) is 15.4 Å². The number of carboxylic acid groups (broad SMARTS) is 1. The molecule has 0 amide bonds. The Labute approximate surface area is 171 Å². The summed E-state index contributed by atoms with van der Waals surface area (Å²) in [7, 11) is -4.12. The Bertz CT molecular complexity index is 956. The molecule has 1 atom stereocenters. The van der Waals surface area contributed by atoms with Crippen molar-refractivity contribution in [3.05, 3.63) is 22.3 Å². The van der Waals surface area contributed by atoms with Crippen LogP contribution < -0.4 is 16.2 Å². The molecule has 162 valence electrons. The van der Waals surface area contributed by atoms with Gasteiger partial charge in [0.05, 0.1) is 4.90 Å². The third-order valence-electron chi connectivity index (χ3n) is 5.30. The zero-order valence-corrected chi connectivity index (χ0v) is 18.3. The van der Waals surface area contributed by atoms with Gasteiger partial charge in [-0.1, -0.05) is 0 Å². The Morgan fingerprint density at radius 2 is 1.86 bits per heavy atom. The second-order valence-corrected chi connectivity index (χ2v) is 9.90. The molecule has 0 saturated heterocycles. The van der Waals surface area contributed by atoms with Crippen molar-refractivity contribution in [1.29, 1.82) is 5.41 Å². The van der Waals surface area contributed by atoms with Gasteiger partial charge in [0.15, 0.2) is 0 Å². The summed E-state index contributed by atoms with van der Waals surface area (Å²) < 4.78 is 33.8. The molecular formula is C19H30N4O5S. The number of guanidine groups is 1. The summed E-state index contributed by atoms with van der Waals surface area (Å²) in [6, 6.07) is -1.10. The number of benzene rings is 1. The number of sulfonamides is 1. The molecule has 0 aliphatic carbocycles. The highest BCUT2D eigenvalue weighted by atomic mass is 32.2. The minimum Gasteiger partial charge on any atom is -0.487 e. The lowest BCUT2D eigenvalue weighted by Crippen LogP contribution is -2.43. The van der Waals surface area contributed by atoms with Crippen LogP contribution in [0.4, 0.5) is 0 Å². The molecule has 1 aliphatic rings. The average molecular weight is 427 g/mol. The predicted octanol–water partition coefficient (Wildman–Crippen LogP) is 1.40. The van der Waals surface area contributed by atoms with Crippen LogP contribution in [0.5, 0.6) is 5.75 Å². The Morgan fingerprint density at radius 1 is 1.28 bits per heavy atom. The molecule has 10 heteroatoms. The summed E-state index contributed by atoms with van der Waals surface area (Å²) in [6.45, 7) is 9.03. The highest BCUT2D eigenvalue weighted by Crippen LogP contribution is 2.44. The first-order chi connectivity index (χ1) is 13.2. The van der Waals surface area contributed by atoms with Crippen LogP contribution in [0.2, 0.25) is 0 Å². The van der Waals surface area contributed by atoms with E-state index in [4.69, 9.17) is 26.7 Å². The number of nitrogens with two attached hydrogens (primary N) is 2. The summed E-state index contributed by atoms with van der Waals surface area (Å²) in [5.74, 6) is -1.07. The largest absolute Gasteiger partial charge is 0.487 e. The smallest absolute Gasteiger partial charge is 0.320 e. The van der Waals surface area contributed by atoms with Crippen LogP contribution in [0, 0.1) is 26.2 Å². The molecule has 9 nitrogen and oxygen atoms in total. The zero-order valence-electron chi connectivity index (χ0n) is 17.5. The van der Waals surface area contributed by atoms with Gasteiger partial charge in [-0.05, 0) is 64.2 Å². The van der Waals surface area contributed by atoms with Crippen molar-refractivity contribution < 1.29 is 23.1 Å². The van der Waals surface area contributed by atoms with Crippen molar-refractivity contribution in [2.75, 3.05) is 6.54 Å². The third kappa shape index (κ3) is 4.32. The number of aliphatic carboxylic acids is 1. The number of rotatable bonds is 7. The lowest BCUT2D eigenvalue weighted by Gasteiger charge is -2.26. The first-order valence-corrected chi connectivity index (χ1v) is 10.8. The van der Waals surface area contributed by atoms with Crippen molar-refractivity contribution in [3.8, 4) is 5.75 Å². The number of hydrogen-bond donors (Lipinski definition) is 4. The molecule has 1 aromatic carbocycles. The number of fused-ring (bicyclic) bond motifs is 1. The Hall–Kier alpha value is -2.33. The number of nitrogens with one attached hydrogen (secondary N) is 1. The van der Waals surface area contributed by atoms with Crippen LogP contribution >= 0.6 is 0 Å². The van der Waals surface area contributed by atoms with Gasteiger partial charge in [0.2, 0.25) is 5.96 Å². The van der Waals surface area contributed by atoms with E-state index < -0.39 is 33.6 Å². The molecule has 0 unspecified atom stereocenters. The number of carboxylic acids is 1. The Kier molecular flexibility index (Phi) is 6.20. The van der Waals surface area contributed by atoms with E-state index in [1.807, 2.05) is 20.8 Å². The summed E-state index contributed by atoms with van der Waals surface area (Å²) in [4.78, 5) is 11.0. The molecule has 29 heavy (non-hydrogen) atoms. The zero-order chi connectivity index (χ0) is 22.3. The molecule has 1 aromatic rings. The van der Waals surface area contributed by atoms with E-state index in [0.29, 0.717) is 23.3 Å². The number of carbonyl (C=O) groups is 1. The van der Waals surface area contributed by atoms with Crippen molar-refractivity contribution >= 4 is 22.0 Å². The standard InChI is InChI=1S/C19H30N4O5S/c1-10-11(2)16(12(3)13-9-19(4,5)28-15(10)13)29(26,27)23(18(21)22)8-6-7-14(20)17(24)25/h14H,6-9,20H2,1-5H3,(H3,21,22)(H,24,25)/t14-/m0/s1. The van der Waals surface area contributed by atoms with Gasteiger partial charge in [-0.25, -0.2) is 12.7 Å². The fourth-order valence-electron chi connectivity index (χ4n) is 3.69. The fraction of sp³-hybridized carbons (Fsp3) is 0.579. The average Bonchev–Trinajstić information content (AvgIpc) is 2.91. The lowest BCUT2D eigenvalue weighted by molar-refractivity contribution is -0.138. The summed E-state index contributed by atoms with van der Waals surface area (Å²) in [6.07, 6.45) is 0.799. The van der Waals surface area contributed by atoms with Crippen molar-refractivity contribution in [2.24, 2.45) is 11.5 Å². The van der Waals surface area contributed by atoms with E-state index in [-0.39, 0.29) is 24.3 Å². The van der Waals surface area contributed by atoms with Crippen LogP contribution in [0.1, 0.15) is 48.9 Å². The van der Waals surface area contributed by atoms with Crippen LogP contribution in [-0.4, -0.2) is 47.9 Å². The van der Waals surface area contributed by atoms with Crippen LogP contribution in [0.15, 0.2) is 4.90 Å². The van der Waals surface area contributed by atoms with Crippen molar-refractivity contribution in [3.63, 3.8) is 0 Å². The normalized spacial score (nSPS) is 16.1. The minimum atomic E-state index is -4.12. The van der Waals surface area contributed by atoms with Gasteiger partial charge in [0, 0.05) is 18.5 Å². The third-order valence-corrected chi connectivity index (χ3v) is 7.39. The van der Waals surface area contributed by atoms with E-state index in [9.17, 15) is 13.2 Å². The van der Waals surface area contributed by atoms with Gasteiger partial charge in [0.1, 0.15) is 17.4 Å². The van der Waals surface area contributed by atoms with Gasteiger partial charge in [-0.2, -0.15) is 0 Å². The first-order valence-electron chi connectivity index (χ1n) is 9.37. The highest BCUT2D eigenvalue weighted by molar-refractivity contribution is 7.89. The molecule has 0 fully saturated rings. The maximum absolute atomic E-state index is 13.5. The molecule has 2 rings (SSSR count). The molecule has 6 N–H and O–H groups in total. The fourth-order valence-corrected chi connectivity index (χ4v) is 5.59.